The number of hydrogen-bond acceptors (Lipinski definition) is 10. The van der Waals surface area contributed by atoms with E-state index in [4.69, 9.17) is 9.47 Å². The third-order valence-electron chi connectivity index (χ3n) is 17.5. The van der Waals surface area contributed by atoms with E-state index in [9.17, 15) is 40.5 Å². The summed E-state index contributed by atoms with van der Waals surface area (Å²) in [6.07, 6.45) is 64.1. The van der Waals surface area contributed by atoms with Gasteiger partial charge in [0.05, 0.1) is 25.4 Å². The van der Waals surface area contributed by atoms with Gasteiger partial charge in [-0.1, -0.05) is 314 Å². The average molecular weight is 1160 g/mol. The maximum Gasteiger partial charge on any atom is 0.249 e. The van der Waals surface area contributed by atoms with Gasteiger partial charge in [-0.3, -0.25) is 4.79 Å². The maximum atomic E-state index is 13.2. The van der Waals surface area contributed by atoms with Crippen LogP contribution in [0.15, 0.2) is 24.3 Å². The van der Waals surface area contributed by atoms with Gasteiger partial charge in [0, 0.05) is 0 Å². The van der Waals surface area contributed by atoms with Gasteiger partial charge in [0.1, 0.15) is 36.6 Å². The van der Waals surface area contributed by atoms with Gasteiger partial charge in [-0.05, 0) is 64.2 Å². The van der Waals surface area contributed by atoms with Crippen LogP contribution >= 0.6 is 0 Å². The highest BCUT2D eigenvalue weighted by atomic mass is 16.7. The zero-order valence-corrected chi connectivity index (χ0v) is 53.8. The Kier molecular flexibility index (Phi) is 57.4. The minimum Gasteiger partial charge on any atom is -0.394 e. The van der Waals surface area contributed by atoms with Gasteiger partial charge in [-0.2, -0.15) is 0 Å². The average Bonchev–Trinajstić information content (AvgIpc) is 3.53. The van der Waals surface area contributed by atoms with E-state index >= 15 is 0 Å². The van der Waals surface area contributed by atoms with Crippen LogP contribution in [0.1, 0.15) is 354 Å². The highest BCUT2D eigenvalue weighted by Crippen LogP contribution is 2.24. The first-order chi connectivity index (χ1) is 40.2. The highest BCUT2D eigenvalue weighted by Gasteiger charge is 2.44. The van der Waals surface area contributed by atoms with Gasteiger partial charge in [0.25, 0.3) is 0 Å². The third kappa shape index (κ3) is 46.8. The number of carbonyl (C=O) groups excluding carboxylic acids is 1. The molecule has 0 spiro atoms. The second-order valence-corrected chi connectivity index (χ2v) is 25.3. The zero-order chi connectivity index (χ0) is 59.6. The molecule has 9 unspecified atom stereocenters. The first-order valence-corrected chi connectivity index (χ1v) is 35.7. The first-order valence-electron chi connectivity index (χ1n) is 35.7. The Labute approximate surface area is 505 Å². The fourth-order valence-corrected chi connectivity index (χ4v) is 11.7. The van der Waals surface area contributed by atoms with Crippen molar-refractivity contribution in [3.05, 3.63) is 24.3 Å². The van der Waals surface area contributed by atoms with Gasteiger partial charge >= 0.3 is 0 Å². The molecule has 1 heterocycles. The lowest BCUT2D eigenvalue weighted by atomic mass is 9.98. The Morgan fingerprint density at radius 2 is 0.720 bits per heavy atom. The minimum atomic E-state index is -1.67. The molecule has 0 aliphatic carbocycles. The number of carbonyl (C=O) groups is 1. The van der Waals surface area contributed by atoms with Crippen molar-refractivity contribution < 1.29 is 50.0 Å². The standard InChI is InChI=1S/C71H137NO10/c1-3-5-7-9-11-13-15-17-19-21-23-25-27-29-31-32-33-35-36-38-40-42-44-46-48-50-52-54-56-58-63(74)66(76)62(61-81-71-69(79)68(78)67(77)65(60-73)82-71)72-70(80)64(75)59-57-55-53-51-49-47-45-43-41-39-37-34-30-28-26-24-22-20-18-16-14-12-10-8-6-4-2/h30,34,50,52,62-69,71,73-79H,3-29,31-33,35-49,51,53-61H2,1-2H3,(H,72,80)/b34-30-,52-50+. The van der Waals surface area contributed by atoms with Crippen LogP contribution in [0.3, 0.4) is 0 Å². The predicted octanol–water partition coefficient (Wildman–Crippen LogP) is 17.2. The zero-order valence-electron chi connectivity index (χ0n) is 53.8. The Bertz CT molecular complexity index is 1380. The molecular weight excluding hydrogens is 1030 g/mol. The SMILES string of the molecule is CCCCCCCCCCCCCC/C=C\CCCCCCCCCCCCC(O)C(=O)NC(COC1OC(CO)C(O)C(O)C1O)C(O)C(O)CCC/C=C/CCCCCCCCCCCCCCCCCCCCCCCCCC. The molecule has 1 aliphatic heterocycles. The van der Waals surface area contributed by atoms with Gasteiger partial charge in [0.2, 0.25) is 5.91 Å². The summed E-state index contributed by atoms with van der Waals surface area (Å²) in [6, 6.07) is -1.19. The van der Waals surface area contributed by atoms with Crippen LogP contribution in [0.2, 0.25) is 0 Å². The molecule has 1 saturated heterocycles. The number of nitrogens with one attached hydrogen (secondary N) is 1. The second-order valence-electron chi connectivity index (χ2n) is 25.3. The van der Waals surface area contributed by atoms with Gasteiger partial charge in [0.15, 0.2) is 6.29 Å². The molecule has 0 aromatic rings. The molecule has 486 valence electrons. The number of amides is 1. The fourth-order valence-electron chi connectivity index (χ4n) is 11.7. The lowest BCUT2D eigenvalue weighted by Crippen LogP contribution is -2.60. The van der Waals surface area contributed by atoms with Crippen molar-refractivity contribution >= 4 is 5.91 Å². The van der Waals surface area contributed by atoms with Crippen molar-refractivity contribution in [2.45, 2.75) is 409 Å². The van der Waals surface area contributed by atoms with E-state index in [2.05, 4.69) is 43.5 Å². The molecule has 1 amide bonds. The Hall–Kier alpha value is -1.41. The number of rotatable bonds is 63. The summed E-state index contributed by atoms with van der Waals surface area (Å²) in [5, 5.41) is 76.5. The molecule has 1 rings (SSSR count). The predicted molar refractivity (Wildman–Crippen MR) is 344 cm³/mol. The van der Waals surface area contributed by atoms with Gasteiger partial charge in [-0.15, -0.1) is 0 Å². The molecule has 0 radical (unpaired) electrons. The van der Waals surface area contributed by atoms with Crippen molar-refractivity contribution in [2.75, 3.05) is 13.2 Å². The largest absolute Gasteiger partial charge is 0.394 e. The van der Waals surface area contributed by atoms with Crippen molar-refractivity contribution in [1.82, 2.24) is 5.32 Å². The minimum absolute atomic E-state index is 0.255. The molecule has 8 N–H and O–H groups in total. The summed E-state index contributed by atoms with van der Waals surface area (Å²) in [7, 11) is 0. The number of hydrogen-bond donors (Lipinski definition) is 8. The molecule has 0 aromatic heterocycles. The molecular formula is C71H137NO10. The van der Waals surface area contributed by atoms with E-state index in [1.54, 1.807) is 0 Å². The molecule has 0 aromatic carbocycles. The lowest BCUT2D eigenvalue weighted by molar-refractivity contribution is -0.303. The van der Waals surface area contributed by atoms with Crippen LogP contribution in [-0.2, 0) is 14.3 Å². The first kappa shape index (κ1) is 78.6. The second kappa shape index (κ2) is 59.9. The van der Waals surface area contributed by atoms with Crippen molar-refractivity contribution in [2.24, 2.45) is 0 Å². The van der Waals surface area contributed by atoms with E-state index in [-0.39, 0.29) is 12.8 Å². The van der Waals surface area contributed by atoms with Crippen LogP contribution in [0, 0.1) is 0 Å². The summed E-state index contributed by atoms with van der Waals surface area (Å²) in [5.74, 6) is -0.701. The summed E-state index contributed by atoms with van der Waals surface area (Å²) in [4.78, 5) is 13.2. The summed E-state index contributed by atoms with van der Waals surface area (Å²) in [5.41, 5.74) is 0. The molecule has 0 saturated carbocycles. The number of aliphatic hydroxyl groups excluding tert-OH is 7. The van der Waals surface area contributed by atoms with Crippen LogP contribution in [0.5, 0.6) is 0 Å². The summed E-state index contributed by atoms with van der Waals surface area (Å²) in [6.45, 7) is 3.50. The summed E-state index contributed by atoms with van der Waals surface area (Å²) >= 11 is 0. The topological polar surface area (TPSA) is 189 Å². The number of unbranched alkanes of at least 4 members (excludes halogenated alkanes) is 47. The maximum absolute atomic E-state index is 13.2. The highest BCUT2D eigenvalue weighted by molar-refractivity contribution is 5.80. The molecule has 11 nitrogen and oxygen atoms in total. The number of ether oxygens (including phenoxy) is 2. The van der Waals surface area contributed by atoms with Gasteiger partial charge < -0.3 is 50.5 Å². The van der Waals surface area contributed by atoms with Crippen molar-refractivity contribution in [3.8, 4) is 0 Å². The van der Waals surface area contributed by atoms with E-state index in [0.717, 1.165) is 38.5 Å². The van der Waals surface area contributed by atoms with E-state index in [1.165, 1.54) is 276 Å². The molecule has 1 fully saturated rings. The van der Waals surface area contributed by atoms with Crippen LogP contribution < -0.4 is 5.32 Å². The normalized spacial score (nSPS) is 19.2. The monoisotopic (exact) mass is 1160 g/mol. The molecule has 82 heavy (non-hydrogen) atoms. The molecule has 9 atom stereocenters. The smallest absolute Gasteiger partial charge is 0.249 e. The molecule has 1 aliphatic rings. The Morgan fingerprint density at radius 1 is 0.415 bits per heavy atom. The summed E-state index contributed by atoms with van der Waals surface area (Å²) < 4.78 is 11.2. The Balaban J connectivity index is 2.21. The van der Waals surface area contributed by atoms with Crippen LogP contribution in [0.25, 0.3) is 0 Å². The van der Waals surface area contributed by atoms with Crippen molar-refractivity contribution in [1.29, 1.82) is 0 Å². The van der Waals surface area contributed by atoms with Gasteiger partial charge in [-0.25, -0.2) is 0 Å². The quantitative estimate of drug-likeness (QED) is 0.0215. The lowest BCUT2D eigenvalue weighted by Gasteiger charge is -2.40. The Morgan fingerprint density at radius 3 is 1.05 bits per heavy atom. The number of allylic oxidation sites excluding steroid dienone is 4. The third-order valence-corrected chi connectivity index (χ3v) is 17.5. The molecule has 0 bridgehead atoms. The fraction of sp³-hybridized carbons (Fsp3) is 0.930. The van der Waals surface area contributed by atoms with E-state index < -0.39 is 74.2 Å². The van der Waals surface area contributed by atoms with E-state index in [1.807, 2.05) is 0 Å². The van der Waals surface area contributed by atoms with E-state index in [0.29, 0.717) is 12.8 Å². The number of aliphatic hydroxyl groups is 7. The van der Waals surface area contributed by atoms with Crippen LogP contribution in [0.4, 0.5) is 0 Å². The van der Waals surface area contributed by atoms with Crippen LogP contribution in [-0.4, -0.2) is 110 Å². The van der Waals surface area contributed by atoms with Crippen molar-refractivity contribution in [3.63, 3.8) is 0 Å². The molecule has 11 heteroatoms.